The molecule has 0 aromatic heterocycles. The zero-order valence-corrected chi connectivity index (χ0v) is 23.0. The summed E-state index contributed by atoms with van der Waals surface area (Å²) in [5.41, 5.74) is 2.07. The van der Waals surface area contributed by atoms with Gasteiger partial charge in [-0.2, -0.15) is 8.70 Å². The molecule has 4 aliphatic rings. The molecule has 204 valence electrons. The topological polar surface area (TPSA) is 76.1 Å². The Morgan fingerprint density at radius 3 is 2.47 bits per heavy atom. The van der Waals surface area contributed by atoms with Crippen LogP contribution in [0.1, 0.15) is 52.4 Å². The fourth-order valence-electron chi connectivity index (χ4n) is 5.97. The highest BCUT2D eigenvalue weighted by molar-refractivity contribution is 7.89. The van der Waals surface area contributed by atoms with E-state index in [9.17, 15) is 17.6 Å². The number of sulfonamides is 1. The van der Waals surface area contributed by atoms with Crippen molar-refractivity contribution in [2.45, 2.75) is 68.8 Å². The maximum absolute atomic E-state index is 14.4. The molecule has 3 fully saturated rings. The van der Waals surface area contributed by atoms with Crippen LogP contribution in [-0.2, 0) is 19.6 Å². The molecule has 38 heavy (non-hydrogen) atoms. The van der Waals surface area contributed by atoms with Crippen molar-refractivity contribution in [2.24, 2.45) is 5.92 Å². The number of carbonyl (C=O) groups excluding carboxylic acids is 1. The number of ether oxygens (including phenoxy) is 2. The standard InChI is InChI=1S/C29H35FN2O5S/c1-4-6-12-22-18-32(29-15-20(16-29)17-29)25-13-23(21-10-8-7-9-11-21)26(14-27(25)38(34,35)31(22)3)37-19-24(30)28(33)36-5-2/h7-11,13-14,19-20,22H,4-6,12,15-18H2,1-3H3/b24-19-/t20?,22-,29?/m1/s1. The van der Waals surface area contributed by atoms with Crippen LogP contribution in [0.4, 0.5) is 10.1 Å². The third kappa shape index (κ3) is 4.60. The van der Waals surface area contributed by atoms with Crippen molar-refractivity contribution in [2.75, 3.05) is 25.1 Å². The molecule has 6 rings (SSSR count). The van der Waals surface area contributed by atoms with Gasteiger partial charge >= 0.3 is 5.97 Å². The van der Waals surface area contributed by atoms with E-state index in [2.05, 4.69) is 11.8 Å². The Morgan fingerprint density at radius 2 is 1.87 bits per heavy atom. The first-order chi connectivity index (χ1) is 18.2. The van der Waals surface area contributed by atoms with Gasteiger partial charge in [-0.05, 0) is 50.2 Å². The number of rotatable bonds is 9. The van der Waals surface area contributed by atoms with Gasteiger partial charge in [0.15, 0.2) is 0 Å². The van der Waals surface area contributed by atoms with Gasteiger partial charge in [-0.15, -0.1) is 0 Å². The second-order valence-electron chi connectivity index (χ2n) is 10.6. The van der Waals surface area contributed by atoms with Gasteiger partial charge in [-0.25, -0.2) is 13.2 Å². The fourth-order valence-corrected chi connectivity index (χ4v) is 7.54. The zero-order chi connectivity index (χ0) is 27.1. The number of carbonyl (C=O) groups is 1. The number of hydrogen-bond acceptors (Lipinski definition) is 6. The highest BCUT2D eigenvalue weighted by atomic mass is 32.2. The lowest BCUT2D eigenvalue weighted by Crippen LogP contribution is -2.69. The molecule has 3 saturated carbocycles. The maximum atomic E-state index is 14.4. The van der Waals surface area contributed by atoms with E-state index in [-0.39, 0.29) is 28.8 Å². The summed E-state index contributed by atoms with van der Waals surface area (Å²) in [5.74, 6) is -1.46. The fraction of sp³-hybridized carbons (Fsp3) is 0.483. The Balaban J connectivity index is 1.66. The van der Waals surface area contributed by atoms with Crippen LogP contribution in [0.15, 0.2) is 59.4 Å². The smallest absolute Gasteiger partial charge is 0.370 e. The molecule has 0 amide bonds. The van der Waals surface area contributed by atoms with Gasteiger partial charge in [0.2, 0.25) is 15.9 Å². The monoisotopic (exact) mass is 542 g/mol. The molecule has 9 heteroatoms. The third-order valence-corrected chi connectivity index (χ3v) is 10.2. The number of hydrogen-bond donors (Lipinski definition) is 0. The van der Waals surface area contributed by atoms with Crippen molar-refractivity contribution in [1.82, 2.24) is 4.31 Å². The summed E-state index contributed by atoms with van der Waals surface area (Å²) in [6.07, 6.45) is 6.60. The minimum absolute atomic E-state index is 0.0170. The molecule has 0 saturated heterocycles. The Bertz CT molecular complexity index is 1330. The number of anilines is 1. The first-order valence-electron chi connectivity index (χ1n) is 13.4. The van der Waals surface area contributed by atoms with E-state index in [0.29, 0.717) is 24.1 Å². The van der Waals surface area contributed by atoms with E-state index in [4.69, 9.17) is 9.47 Å². The predicted octanol–water partition coefficient (Wildman–Crippen LogP) is 5.66. The molecule has 1 heterocycles. The Hall–Kier alpha value is -2.91. The molecule has 2 aromatic rings. The van der Waals surface area contributed by atoms with Crippen LogP contribution in [0, 0.1) is 5.92 Å². The highest BCUT2D eigenvalue weighted by Crippen LogP contribution is 2.62. The van der Waals surface area contributed by atoms with Crippen LogP contribution in [0.3, 0.4) is 0 Å². The second kappa shape index (κ2) is 10.3. The van der Waals surface area contributed by atoms with Gasteiger partial charge in [-0.3, -0.25) is 0 Å². The van der Waals surface area contributed by atoms with Gasteiger partial charge in [0.1, 0.15) is 16.9 Å². The lowest BCUT2D eigenvalue weighted by atomic mass is 9.49. The van der Waals surface area contributed by atoms with E-state index in [1.165, 1.54) is 10.4 Å². The maximum Gasteiger partial charge on any atom is 0.370 e. The van der Waals surface area contributed by atoms with Crippen molar-refractivity contribution in [1.29, 1.82) is 0 Å². The number of nitrogens with zero attached hydrogens (tertiary/aromatic N) is 2. The first-order valence-corrected chi connectivity index (χ1v) is 14.8. The van der Waals surface area contributed by atoms with Crippen molar-refractivity contribution < 1.29 is 27.1 Å². The molecule has 2 bridgehead atoms. The number of esters is 1. The average Bonchev–Trinajstić information content (AvgIpc) is 2.93. The zero-order valence-electron chi connectivity index (χ0n) is 22.2. The number of halogens is 1. The molecule has 2 aromatic carbocycles. The van der Waals surface area contributed by atoms with Crippen molar-refractivity contribution in [3.63, 3.8) is 0 Å². The highest BCUT2D eigenvalue weighted by Gasteiger charge is 2.61. The summed E-state index contributed by atoms with van der Waals surface area (Å²) < 4.78 is 54.3. The molecule has 0 radical (unpaired) electrons. The molecule has 3 aliphatic carbocycles. The molecule has 0 N–H and O–H groups in total. The van der Waals surface area contributed by atoms with E-state index in [0.717, 1.165) is 50.0 Å². The Labute approximate surface area is 224 Å². The average molecular weight is 543 g/mol. The van der Waals surface area contributed by atoms with Gasteiger partial charge < -0.3 is 14.4 Å². The molecular formula is C29H35FN2O5S. The summed E-state index contributed by atoms with van der Waals surface area (Å²) in [7, 11) is -2.23. The molecule has 0 spiro atoms. The van der Waals surface area contributed by atoms with Crippen LogP contribution in [0.25, 0.3) is 11.1 Å². The summed E-state index contributed by atoms with van der Waals surface area (Å²) >= 11 is 0. The van der Waals surface area contributed by atoms with Crippen LogP contribution in [-0.4, -0.2) is 50.5 Å². The summed E-state index contributed by atoms with van der Waals surface area (Å²) in [6.45, 7) is 4.34. The first kappa shape index (κ1) is 26.7. The predicted molar refractivity (Wildman–Crippen MR) is 144 cm³/mol. The lowest BCUT2D eigenvalue weighted by molar-refractivity contribution is -0.140. The van der Waals surface area contributed by atoms with Crippen LogP contribution in [0.2, 0.25) is 0 Å². The molecule has 1 aliphatic heterocycles. The van der Waals surface area contributed by atoms with Gasteiger partial charge in [0.25, 0.3) is 0 Å². The quantitative estimate of drug-likeness (QED) is 0.231. The van der Waals surface area contributed by atoms with Crippen molar-refractivity contribution in [3.05, 3.63) is 54.6 Å². The van der Waals surface area contributed by atoms with E-state index >= 15 is 0 Å². The van der Waals surface area contributed by atoms with E-state index in [1.807, 2.05) is 36.4 Å². The number of benzene rings is 2. The Morgan fingerprint density at radius 1 is 1.16 bits per heavy atom. The SMILES string of the molecule is CCCC[C@@H]1CN(C23CC(C2)C3)c2cc(-c3ccccc3)c(O/C=C(\F)C(=O)OCC)cc2S(=O)(=O)N1C. The van der Waals surface area contributed by atoms with Gasteiger partial charge in [0, 0.05) is 36.8 Å². The minimum atomic E-state index is -3.88. The van der Waals surface area contributed by atoms with Crippen LogP contribution >= 0.6 is 0 Å². The molecule has 0 unspecified atom stereocenters. The van der Waals surface area contributed by atoms with Gasteiger partial charge in [-0.1, -0.05) is 50.1 Å². The van der Waals surface area contributed by atoms with E-state index < -0.39 is 21.8 Å². The second-order valence-corrected chi connectivity index (χ2v) is 12.6. The summed E-state index contributed by atoms with van der Waals surface area (Å²) in [4.78, 5) is 14.3. The minimum Gasteiger partial charge on any atom is -0.461 e. The summed E-state index contributed by atoms with van der Waals surface area (Å²) in [6, 6.07) is 12.6. The number of unbranched alkanes of at least 4 members (excludes halogenated alkanes) is 1. The normalized spacial score (nSPS) is 26.0. The van der Waals surface area contributed by atoms with Crippen LogP contribution in [0.5, 0.6) is 5.75 Å². The molecular weight excluding hydrogens is 507 g/mol. The lowest BCUT2D eigenvalue weighted by Gasteiger charge is -2.67. The van der Waals surface area contributed by atoms with Crippen molar-refractivity contribution >= 4 is 21.7 Å². The Kier molecular flexibility index (Phi) is 7.26. The molecule has 1 atom stereocenters. The van der Waals surface area contributed by atoms with Crippen molar-refractivity contribution in [3.8, 4) is 16.9 Å². The largest absolute Gasteiger partial charge is 0.461 e. The number of fused-ring (bicyclic) bond motifs is 1. The van der Waals surface area contributed by atoms with Gasteiger partial charge in [0.05, 0.1) is 12.3 Å². The third-order valence-electron chi connectivity index (χ3n) is 8.23. The molecule has 7 nitrogen and oxygen atoms in total. The summed E-state index contributed by atoms with van der Waals surface area (Å²) in [5, 5.41) is 0. The van der Waals surface area contributed by atoms with E-state index in [1.54, 1.807) is 14.0 Å². The number of likely N-dealkylation sites (N-methyl/N-ethyl adjacent to an activating group) is 1. The van der Waals surface area contributed by atoms with Crippen LogP contribution < -0.4 is 9.64 Å².